The van der Waals surface area contributed by atoms with E-state index in [0.29, 0.717) is 0 Å². The maximum atomic E-state index is 12.8. The van der Waals surface area contributed by atoms with E-state index in [1.165, 1.54) is 11.1 Å². The van der Waals surface area contributed by atoms with Crippen LogP contribution in [-0.2, 0) is 16.1 Å². The van der Waals surface area contributed by atoms with Crippen LogP contribution < -0.4 is 10.1 Å². The molecule has 1 saturated carbocycles. The molecule has 36 heavy (non-hydrogen) atoms. The number of carbonyl (C=O) groups is 1. The van der Waals surface area contributed by atoms with E-state index < -0.39 is 0 Å². The molecule has 2 fully saturated rings. The van der Waals surface area contributed by atoms with Crippen molar-refractivity contribution in [2.24, 2.45) is 5.92 Å². The summed E-state index contributed by atoms with van der Waals surface area (Å²) in [7, 11) is 1.63. The van der Waals surface area contributed by atoms with Gasteiger partial charge in [-0.3, -0.25) is 14.8 Å². The number of carbonyl (C=O) groups excluding carboxylic acids is 1. The number of hydrogen-bond donors (Lipinski definition) is 2. The summed E-state index contributed by atoms with van der Waals surface area (Å²) >= 11 is 0. The number of H-pyrrole nitrogens is 1. The number of aromatic amines is 1. The summed E-state index contributed by atoms with van der Waals surface area (Å²) in [5.74, 6) is 1.06. The first-order valence-electron chi connectivity index (χ1n) is 12.5. The van der Waals surface area contributed by atoms with Crippen molar-refractivity contribution >= 4 is 22.5 Å². The molecule has 2 aliphatic rings. The quantitative estimate of drug-likeness (QED) is 0.395. The Morgan fingerprint density at radius 3 is 2.75 bits per heavy atom. The van der Waals surface area contributed by atoms with Crippen LogP contribution in [0.15, 0.2) is 66.7 Å². The summed E-state index contributed by atoms with van der Waals surface area (Å²) < 4.78 is 10.7. The van der Waals surface area contributed by atoms with Crippen LogP contribution in [0, 0.1) is 5.92 Å². The molecular weight excluding hydrogens is 452 g/mol. The molecule has 7 nitrogen and oxygen atoms in total. The van der Waals surface area contributed by atoms with Crippen molar-refractivity contribution in [3.8, 4) is 17.0 Å². The van der Waals surface area contributed by atoms with Gasteiger partial charge in [0.25, 0.3) is 0 Å². The Hall–Kier alpha value is -3.68. The number of ether oxygens (including phenoxy) is 2. The monoisotopic (exact) mass is 482 g/mol. The average molecular weight is 483 g/mol. The molecule has 1 aromatic heterocycles. The predicted molar refractivity (Wildman–Crippen MR) is 140 cm³/mol. The Morgan fingerprint density at radius 2 is 1.94 bits per heavy atom. The normalized spacial score (nSPS) is 19.8. The summed E-state index contributed by atoms with van der Waals surface area (Å²) in [5, 5.41) is 12.0. The summed E-state index contributed by atoms with van der Waals surface area (Å²) in [6.45, 7) is 4.47. The van der Waals surface area contributed by atoms with E-state index in [1.54, 1.807) is 7.11 Å². The first-order valence-corrected chi connectivity index (χ1v) is 12.5. The lowest BCUT2D eigenvalue weighted by molar-refractivity contribution is -0.117. The molecule has 1 amide bonds. The van der Waals surface area contributed by atoms with E-state index in [1.807, 2.05) is 24.3 Å². The Morgan fingerprint density at radius 1 is 1.11 bits per heavy atom. The molecule has 184 valence electrons. The number of morpholine rings is 1. The number of nitrogens with one attached hydrogen (secondary N) is 2. The molecule has 4 aromatic rings. The van der Waals surface area contributed by atoms with Crippen LogP contribution in [0.25, 0.3) is 22.2 Å². The van der Waals surface area contributed by atoms with Gasteiger partial charge in [0.05, 0.1) is 31.5 Å². The van der Waals surface area contributed by atoms with E-state index in [9.17, 15) is 4.79 Å². The van der Waals surface area contributed by atoms with Crippen LogP contribution in [0.1, 0.15) is 23.5 Å². The lowest BCUT2D eigenvalue weighted by Crippen LogP contribution is -2.35. The van der Waals surface area contributed by atoms with Gasteiger partial charge < -0.3 is 14.8 Å². The zero-order valence-electron chi connectivity index (χ0n) is 20.4. The van der Waals surface area contributed by atoms with Gasteiger partial charge >= 0.3 is 0 Å². The molecule has 0 radical (unpaired) electrons. The fourth-order valence-corrected chi connectivity index (χ4v) is 5.08. The zero-order chi connectivity index (χ0) is 24.5. The van der Waals surface area contributed by atoms with Crippen LogP contribution in [0.2, 0.25) is 0 Å². The molecule has 3 aromatic carbocycles. The van der Waals surface area contributed by atoms with Crippen molar-refractivity contribution in [1.29, 1.82) is 0 Å². The van der Waals surface area contributed by atoms with Crippen LogP contribution in [-0.4, -0.2) is 54.4 Å². The minimum atomic E-state index is -0.0104. The second-order valence-corrected chi connectivity index (χ2v) is 9.63. The minimum absolute atomic E-state index is 0.0104. The van der Waals surface area contributed by atoms with Crippen LogP contribution >= 0.6 is 0 Å². The molecule has 0 bridgehead atoms. The highest BCUT2D eigenvalue weighted by molar-refractivity contribution is 5.96. The Bertz CT molecular complexity index is 1380. The number of fused-ring (bicyclic) bond motifs is 1. The molecule has 1 saturated heterocycles. The topological polar surface area (TPSA) is 79.5 Å². The third-order valence-electron chi connectivity index (χ3n) is 7.21. The number of hydrogen-bond acceptors (Lipinski definition) is 5. The summed E-state index contributed by atoms with van der Waals surface area (Å²) in [6, 6.07) is 22.5. The van der Waals surface area contributed by atoms with E-state index in [0.717, 1.165) is 72.9 Å². The lowest BCUT2D eigenvalue weighted by Gasteiger charge is -2.26. The van der Waals surface area contributed by atoms with Crippen molar-refractivity contribution in [2.45, 2.75) is 18.9 Å². The van der Waals surface area contributed by atoms with Crippen molar-refractivity contribution in [3.63, 3.8) is 0 Å². The van der Waals surface area contributed by atoms with E-state index >= 15 is 0 Å². The highest BCUT2D eigenvalue weighted by atomic mass is 16.5. The fraction of sp³-hybridized carbons (Fsp3) is 0.310. The maximum Gasteiger partial charge on any atom is 0.228 e. The first-order chi connectivity index (χ1) is 17.7. The standard InChI is InChI=1S/C29H30N4O3/c1-35-23-8-6-22(7-9-23)30-29(34)26-17-25(26)20-5-10-24-27(16-20)31-32-28(24)21-4-2-3-19(15-21)18-33-11-13-36-14-12-33/h2-10,15-16,25-26H,11-14,17-18H2,1H3,(H,30,34)(H,31,32)/t25-,26+/m0/s1. The smallest absolute Gasteiger partial charge is 0.228 e. The average Bonchev–Trinajstić information content (AvgIpc) is 3.62. The van der Waals surface area contributed by atoms with E-state index in [-0.39, 0.29) is 17.7 Å². The Balaban J connectivity index is 1.15. The third-order valence-corrected chi connectivity index (χ3v) is 7.21. The van der Waals surface area contributed by atoms with Gasteiger partial charge in [-0.15, -0.1) is 0 Å². The highest BCUT2D eigenvalue weighted by Crippen LogP contribution is 2.48. The highest BCUT2D eigenvalue weighted by Gasteiger charge is 2.44. The molecule has 0 unspecified atom stereocenters. The van der Waals surface area contributed by atoms with Gasteiger partial charge in [0, 0.05) is 42.2 Å². The maximum absolute atomic E-state index is 12.8. The first kappa shape index (κ1) is 22.8. The van der Waals surface area contributed by atoms with Gasteiger partial charge in [0.2, 0.25) is 5.91 Å². The summed E-state index contributed by atoms with van der Waals surface area (Å²) in [6.07, 6.45) is 0.859. The molecule has 2 heterocycles. The fourth-order valence-electron chi connectivity index (χ4n) is 5.08. The number of benzene rings is 3. The number of amides is 1. The Kier molecular flexibility index (Phi) is 6.17. The molecule has 1 aliphatic carbocycles. The minimum Gasteiger partial charge on any atom is -0.497 e. The van der Waals surface area contributed by atoms with Crippen molar-refractivity contribution in [2.75, 3.05) is 38.7 Å². The lowest BCUT2D eigenvalue weighted by atomic mass is 10.0. The molecule has 6 rings (SSSR count). The molecule has 7 heteroatoms. The second-order valence-electron chi connectivity index (χ2n) is 9.63. The van der Waals surface area contributed by atoms with Gasteiger partial charge in [-0.1, -0.05) is 30.3 Å². The number of aromatic nitrogens is 2. The molecular formula is C29H30N4O3. The zero-order valence-corrected chi connectivity index (χ0v) is 20.4. The van der Waals surface area contributed by atoms with E-state index in [2.05, 4.69) is 62.9 Å². The van der Waals surface area contributed by atoms with Gasteiger partial charge in [-0.25, -0.2) is 0 Å². The molecule has 0 spiro atoms. The van der Waals surface area contributed by atoms with Crippen LogP contribution in [0.4, 0.5) is 5.69 Å². The van der Waals surface area contributed by atoms with Gasteiger partial charge in [-0.2, -0.15) is 5.10 Å². The molecule has 2 N–H and O–H groups in total. The third kappa shape index (κ3) is 4.72. The van der Waals surface area contributed by atoms with Crippen molar-refractivity contribution in [3.05, 3.63) is 77.9 Å². The largest absolute Gasteiger partial charge is 0.497 e. The predicted octanol–water partition coefficient (Wildman–Crippen LogP) is 4.81. The van der Waals surface area contributed by atoms with Crippen molar-refractivity contribution in [1.82, 2.24) is 15.1 Å². The van der Waals surface area contributed by atoms with Crippen molar-refractivity contribution < 1.29 is 14.3 Å². The van der Waals surface area contributed by atoms with Gasteiger partial charge in [-0.05, 0) is 59.9 Å². The number of anilines is 1. The second kappa shape index (κ2) is 9.76. The number of nitrogens with zero attached hydrogens (tertiary/aromatic N) is 2. The van der Waals surface area contributed by atoms with Crippen LogP contribution in [0.5, 0.6) is 5.75 Å². The molecule has 2 atom stereocenters. The number of methoxy groups -OCH3 is 1. The van der Waals surface area contributed by atoms with Crippen LogP contribution in [0.3, 0.4) is 0 Å². The van der Waals surface area contributed by atoms with E-state index in [4.69, 9.17) is 9.47 Å². The van der Waals surface area contributed by atoms with Gasteiger partial charge in [0.1, 0.15) is 5.75 Å². The Labute approximate surface area is 210 Å². The summed E-state index contributed by atoms with van der Waals surface area (Å²) in [4.78, 5) is 15.2. The molecule has 1 aliphatic heterocycles. The summed E-state index contributed by atoms with van der Waals surface area (Å²) in [5.41, 5.74) is 6.32. The SMILES string of the molecule is COc1ccc(NC(=O)[C@@H]2C[C@H]2c2ccc3c(-c4cccc(CN5CCOCC5)c4)n[nH]c3c2)cc1. The van der Waals surface area contributed by atoms with Gasteiger partial charge in [0.15, 0.2) is 0 Å². The number of rotatable bonds is 7.